The average molecular weight is 345 g/mol. The molecule has 3 heterocycles. The molecule has 1 atom stereocenters. The maximum atomic E-state index is 5.08. The Morgan fingerprint density at radius 3 is 2.80 bits per heavy atom. The Morgan fingerprint density at radius 1 is 1.24 bits per heavy atom. The lowest BCUT2D eigenvalue weighted by Gasteiger charge is -2.37. The first kappa shape index (κ1) is 16.7. The molecular weight excluding hydrogens is 318 g/mol. The van der Waals surface area contributed by atoms with Crippen LogP contribution in [0.25, 0.3) is 0 Å². The molecule has 8 nitrogen and oxygen atoms in total. The number of hydrogen-bond acceptors (Lipinski definition) is 7. The smallest absolute Gasteiger partial charge is 0.223 e. The van der Waals surface area contributed by atoms with E-state index in [0.29, 0.717) is 17.9 Å². The molecule has 0 bridgehead atoms. The zero-order valence-electron chi connectivity index (χ0n) is 15.4. The third kappa shape index (κ3) is 3.74. The molecule has 0 radical (unpaired) electrons. The summed E-state index contributed by atoms with van der Waals surface area (Å²) in [5, 5.41) is 12.8. The molecule has 1 aliphatic carbocycles. The fourth-order valence-corrected chi connectivity index (χ4v) is 3.70. The highest BCUT2D eigenvalue weighted by atomic mass is 16.5. The number of aryl methyl sites for hydroxylation is 1. The molecule has 1 aliphatic heterocycles. The van der Waals surface area contributed by atoms with Gasteiger partial charge in [0.2, 0.25) is 5.89 Å². The second kappa shape index (κ2) is 6.84. The molecule has 0 N–H and O–H groups in total. The Morgan fingerprint density at radius 2 is 2.08 bits per heavy atom. The first-order valence-electron chi connectivity index (χ1n) is 9.20. The van der Waals surface area contributed by atoms with Crippen LogP contribution in [-0.2, 0) is 20.1 Å². The van der Waals surface area contributed by atoms with E-state index in [2.05, 4.69) is 48.8 Å². The highest BCUT2D eigenvalue weighted by Crippen LogP contribution is 2.38. The lowest BCUT2D eigenvalue weighted by atomic mass is 10.0. The van der Waals surface area contributed by atoms with Crippen molar-refractivity contribution in [3.8, 4) is 0 Å². The summed E-state index contributed by atoms with van der Waals surface area (Å²) in [5.74, 6) is 4.27. The number of hydrogen-bond donors (Lipinski definition) is 0. The average Bonchev–Trinajstić information content (AvgIpc) is 3.27. The van der Waals surface area contributed by atoms with E-state index in [-0.39, 0.29) is 0 Å². The third-order valence-electron chi connectivity index (χ3n) is 5.37. The molecule has 2 aromatic heterocycles. The Bertz CT molecular complexity index is 720. The third-order valence-corrected chi connectivity index (χ3v) is 5.37. The summed E-state index contributed by atoms with van der Waals surface area (Å²) < 4.78 is 7.27. The predicted molar refractivity (Wildman–Crippen MR) is 91.8 cm³/mol. The maximum absolute atomic E-state index is 5.08. The highest BCUT2D eigenvalue weighted by Gasteiger charge is 2.30. The van der Waals surface area contributed by atoms with Gasteiger partial charge in [-0.3, -0.25) is 9.80 Å². The molecule has 0 unspecified atom stereocenters. The van der Waals surface area contributed by atoms with Gasteiger partial charge in [-0.05, 0) is 39.3 Å². The molecular formula is C17H27N7O. The molecule has 25 heavy (non-hydrogen) atoms. The summed E-state index contributed by atoms with van der Waals surface area (Å²) in [6.45, 7) is 5.55. The SMILES string of the molecule is Cc1nc(CN2CCC[C@H](N(C)Cc3nnc(C4CC4)n3C)C2)no1. The summed E-state index contributed by atoms with van der Waals surface area (Å²) in [6, 6.07) is 0.517. The molecule has 136 valence electrons. The second-order valence-electron chi connectivity index (χ2n) is 7.48. The molecule has 0 spiro atoms. The van der Waals surface area contributed by atoms with Gasteiger partial charge < -0.3 is 9.09 Å². The van der Waals surface area contributed by atoms with Crippen molar-refractivity contribution in [3.05, 3.63) is 23.4 Å². The van der Waals surface area contributed by atoms with E-state index in [9.17, 15) is 0 Å². The minimum absolute atomic E-state index is 0.517. The van der Waals surface area contributed by atoms with Crippen molar-refractivity contribution in [3.63, 3.8) is 0 Å². The van der Waals surface area contributed by atoms with Crippen molar-refractivity contribution in [1.82, 2.24) is 34.7 Å². The summed E-state index contributed by atoms with van der Waals surface area (Å²) >= 11 is 0. The quantitative estimate of drug-likeness (QED) is 0.785. The van der Waals surface area contributed by atoms with Crippen LogP contribution in [0.2, 0.25) is 0 Å². The van der Waals surface area contributed by atoms with Crippen LogP contribution in [0.15, 0.2) is 4.52 Å². The van der Waals surface area contributed by atoms with Gasteiger partial charge >= 0.3 is 0 Å². The first-order valence-corrected chi connectivity index (χ1v) is 9.20. The summed E-state index contributed by atoms with van der Waals surface area (Å²) in [4.78, 5) is 9.15. The van der Waals surface area contributed by atoms with Crippen molar-refractivity contribution >= 4 is 0 Å². The molecule has 1 saturated carbocycles. The van der Waals surface area contributed by atoms with Crippen molar-refractivity contribution in [1.29, 1.82) is 0 Å². The Labute approximate surface area is 148 Å². The van der Waals surface area contributed by atoms with Gasteiger partial charge in [-0.1, -0.05) is 5.16 Å². The van der Waals surface area contributed by atoms with Gasteiger partial charge in [0.15, 0.2) is 5.82 Å². The van der Waals surface area contributed by atoms with E-state index < -0.39 is 0 Å². The largest absolute Gasteiger partial charge is 0.340 e. The van der Waals surface area contributed by atoms with Crippen LogP contribution in [0.4, 0.5) is 0 Å². The van der Waals surface area contributed by atoms with Crippen LogP contribution in [0.1, 0.15) is 55.0 Å². The highest BCUT2D eigenvalue weighted by molar-refractivity contribution is 5.07. The number of rotatable bonds is 6. The molecule has 0 amide bonds. The normalized spacial score (nSPS) is 22.0. The first-order chi connectivity index (χ1) is 12.1. The molecule has 2 aliphatic rings. The van der Waals surface area contributed by atoms with Crippen LogP contribution in [0.3, 0.4) is 0 Å². The Hall–Kier alpha value is -1.80. The van der Waals surface area contributed by atoms with E-state index in [1.54, 1.807) is 0 Å². The fraction of sp³-hybridized carbons (Fsp3) is 0.765. The van der Waals surface area contributed by atoms with Gasteiger partial charge in [0.05, 0.1) is 13.1 Å². The molecule has 1 saturated heterocycles. The molecule has 2 fully saturated rings. The zero-order valence-corrected chi connectivity index (χ0v) is 15.4. The molecule has 2 aromatic rings. The summed E-state index contributed by atoms with van der Waals surface area (Å²) in [5.41, 5.74) is 0. The number of likely N-dealkylation sites (tertiary alicyclic amines) is 1. The molecule has 8 heteroatoms. The number of nitrogens with zero attached hydrogens (tertiary/aromatic N) is 7. The predicted octanol–water partition coefficient (Wildman–Crippen LogP) is 1.48. The number of piperidine rings is 1. The minimum atomic E-state index is 0.517. The van der Waals surface area contributed by atoms with Crippen LogP contribution >= 0.6 is 0 Å². The molecule has 4 rings (SSSR count). The standard InChI is InChI=1S/C17H27N7O/c1-12-18-15(21-25-12)10-24-8-4-5-14(9-24)22(2)11-16-19-20-17(23(16)3)13-6-7-13/h13-14H,4-11H2,1-3H3/t14-/m0/s1. The summed E-state index contributed by atoms with van der Waals surface area (Å²) in [6.07, 6.45) is 4.92. The van der Waals surface area contributed by atoms with E-state index in [1.165, 1.54) is 25.7 Å². The van der Waals surface area contributed by atoms with Crippen molar-refractivity contribution in [2.24, 2.45) is 7.05 Å². The second-order valence-corrected chi connectivity index (χ2v) is 7.48. The van der Waals surface area contributed by atoms with Crippen LogP contribution in [0.5, 0.6) is 0 Å². The van der Waals surface area contributed by atoms with Crippen LogP contribution in [-0.4, -0.2) is 60.9 Å². The van der Waals surface area contributed by atoms with E-state index >= 15 is 0 Å². The topological polar surface area (TPSA) is 76.1 Å². The monoisotopic (exact) mass is 345 g/mol. The maximum Gasteiger partial charge on any atom is 0.223 e. The van der Waals surface area contributed by atoms with Gasteiger partial charge in [0, 0.05) is 32.5 Å². The van der Waals surface area contributed by atoms with Gasteiger partial charge in [0.25, 0.3) is 0 Å². The van der Waals surface area contributed by atoms with Gasteiger partial charge in [0.1, 0.15) is 11.6 Å². The van der Waals surface area contributed by atoms with Gasteiger partial charge in [-0.15, -0.1) is 10.2 Å². The zero-order chi connectivity index (χ0) is 17.4. The number of aromatic nitrogens is 5. The minimum Gasteiger partial charge on any atom is -0.340 e. The van der Waals surface area contributed by atoms with Crippen molar-refractivity contribution < 1.29 is 4.52 Å². The lowest BCUT2D eigenvalue weighted by Crippen LogP contribution is -2.46. The number of likely N-dealkylation sites (N-methyl/N-ethyl adjacent to an activating group) is 1. The Balaban J connectivity index is 1.35. The van der Waals surface area contributed by atoms with Crippen LogP contribution < -0.4 is 0 Å². The van der Waals surface area contributed by atoms with Crippen molar-refractivity contribution in [2.45, 2.75) is 57.7 Å². The van der Waals surface area contributed by atoms with Gasteiger partial charge in [-0.25, -0.2) is 0 Å². The van der Waals surface area contributed by atoms with E-state index in [0.717, 1.165) is 43.7 Å². The van der Waals surface area contributed by atoms with Gasteiger partial charge in [-0.2, -0.15) is 4.98 Å². The molecule has 0 aromatic carbocycles. The Kier molecular flexibility index (Phi) is 4.56. The van der Waals surface area contributed by atoms with Crippen LogP contribution in [0, 0.1) is 6.92 Å². The summed E-state index contributed by atoms with van der Waals surface area (Å²) in [7, 11) is 4.29. The van der Waals surface area contributed by atoms with Crippen molar-refractivity contribution in [2.75, 3.05) is 20.1 Å². The lowest BCUT2D eigenvalue weighted by molar-refractivity contribution is 0.102. The van der Waals surface area contributed by atoms with E-state index in [4.69, 9.17) is 4.52 Å². The van der Waals surface area contributed by atoms with E-state index in [1.807, 2.05) is 6.92 Å². The fourth-order valence-electron chi connectivity index (χ4n) is 3.70.